The summed E-state index contributed by atoms with van der Waals surface area (Å²) < 4.78 is 148. The first-order chi connectivity index (χ1) is 21.7. The van der Waals surface area contributed by atoms with Gasteiger partial charge in [-0.1, -0.05) is 86.6 Å². The lowest BCUT2D eigenvalue weighted by molar-refractivity contribution is 0.461. The lowest BCUT2D eigenvalue weighted by Crippen LogP contribution is -2.31. The van der Waals surface area contributed by atoms with Crippen molar-refractivity contribution in [2.75, 3.05) is 0 Å². The average Bonchev–Trinajstić information content (AvgIpc) is 2.96. The lowest BCUT2D eigenvalue weighted by Gasteiger charge is -2.35. The van der Waals surface area contributed by atoms with Crippen LogP contribution in [0.4, 0.5) is 0 Å². The summed E-state index contributed by atoms with van der Waals surface area (Å²) in [7, 11) is -24.7. The van der Waals surface area contributed by atoms with E-state index in [9.17, 15) is 51.9 Å². The van der Waals surface area contributed by atoms with Crippen LogP contribution in [-0.4, -0.2) is 63.2 Å². The maximum atomic E-state index is 12.4. The zero-order chi connectivity index (χ0) is 34.9. The standard InChI is InChI=1S/C29H30O12P2S4/c1-20(42(22-11-3-7-15-26(22)44(30,31)32)23-12-4-8-16-27(23)45(33,34)35)19-21(2)43(24-13-5-9-17-28(24)46(36,37)38)25-14-6-10-18-29(25)47(39,40)41/h3-18,20-21H,19H2,1-2H3,(H,30,31,32)(H,33,34,35)(H,36,37,38)(H,39,40,41)/p-4. The summed E-state index contributed by atoms with van der Waals surface area (Å²) in [6.45, 7) is 3.23. The van der Waals surface area contributed by atoms with Crippen LogP contribution in [0.5, 0.6) is 0 Å². The Morgan fingerprint density at radius 2 is 0.617 bits per heavy atom. The molecule has 0 aliphatic carbocycles. The number of rotatable bonds is 12. The molecule has 12 nitrogen and oxygen atoms in total. The summed E-state index contributed by atoms with van der Waals surface area (Å²) in [6, 6.07) is 20.6. The molecule has 0 spiro atoms. The van der Waals surface area contributed by atoms with Crippen LogP contribution in [0.1, 0.15) is 20.3 Å². The molecule has 0 saturated heterocycles. The molecule has 0 amide bonds. The third kappa shape index (κ3) is 8.52. The Morgan fingerprint density at radius 3 is 0.809 bits per heavy atom. The average molecular weight is 757 g/mol. The van der Waals surface area contributed by atoms with Crippen LogP contribution in [0.25, 0.3) is 0 Å². The molecule has 0 aromatic heterocycles. The lowest BCUT2D eigenvalue weighted by atomic mass is 10.2. The van der Waals surface area contributed by atoms with Gasteiger partial charge in [0.25, 0.3) is 0 Å². The van der Waals surface area contributed by atoms with Gasteiger partial charge < -0.3 is 18.2 Å². The topological polar surface area (TPSA) is 229 Å². The van der Waals surface area contributed by atoms with Gasteiger partial charge in [0, 0.05) is 0 Å². The van der Waals surface area contributed by atoms with Gasteiger partial charge in [-0.2, -0.15) is 0 Å². The smallest absolute Gasteiger partial charge is 0.125 e. The molecular weight excluding hydrogens is 731 g/mol. The van der Waals surface area contributed by atoms with E-state index in [4.69, 9.17) is 0 Å². The summed E-state index contributed by atoms with van der Waals surface area (Å²) >= 11 is 0. The molecule has 2 unspecified atom stereocenters. The van der Waals surface area contributed by atoms with E-state index < -0.39 is 87.2 Å². The molecule has 4 aromatic carbocycles. The minimum Gasteiger partial charge on any atom is -0.744 e. The van der Waals surface area contributed by atoms with Crippen molar-refractivity contribution in [2.24, 2.45) is 0 Å². The molecule has 18 heteroatoms. The van der Waals surface area contributed by atoms with Gasteiger partial charge >= 0.3 is 0 Å². The fraction of sp³-hybridized carbons (Fsp3) is 0.172. The normalized spacial score (nSPS) is 14.3. The van der Waals surface area contributed by atoms with Gasteiger partial charge in [0.15, 0.2) is 0 Å². The third-order valence-electron chi connectivity index (χ3n) is 7.14. The Kier molecular flexibility index (Phi) is 11.1. The molecule has 0 aliphatic rings. The van der Waals surface area contributed by atoms with Gasteiger partial charge in [0.1, 0.15) is 40.5 Å². The van der Waals surface area contributed by atoms with E-state index in [1.165, 1.54) is 72.8 Å². The van der Waals surface area contributed by atoms with Crippen LogP contribution in [0.15, 0.2) is 117 Å². The first kappa shape index (κ1) is 37.2. The molecule has 0 fully saturated rings. The SMILES string of the molecule is CC(CC(C)P(c1ccccc1S(=O)(=O)[O-])c1ccccc1S(=O)(=O)[O-])P(c1ccccc1S(=O)(=O)[O-])c1ccccc1S(=O)(=O)[O-]. The van der Waals surface area contributed by atoms with Crippen LogP contribution in [0.2, 0.25) is 0 Å². The minimum atomic E-state index is -5.10. The van der Waals surface area contributed by atoms with E-state index >= 15 is 0 Å². The highest BCUT2D eigenvalue weighted by atomic mass is 32.2. The van der Waals surface area contributed by atoms with Crippen molar-refractivity contribution in [3.05, 3.63) is 97.1 Å². The number of hydrogen-bond donors (Lipinski definition) is 0. The highest BCUT2D eigenvalue weighted by Gasteiger charge is 2.34. The Morgan fingerprint density at radius 1 is 0.426 bits per heavy atom. The summed E-state index contributed by atoms with van der Waals surface area (Å²) in [4.78, 5) is -2.51. The second kappa shape index (κ2) is 14.1. The van der Waals surface area contributed by atoms with Crippen LogP contribution in [0.3, 0.4) is 0 Å². The highest BCUT2D eigenvalue weighted by molar-refractivity contribution is 7.89. The van der Waals surface area contributed by atoms with E-state index in [1.54, 1.807) is 13.8 Å². The monoisotopic (exact) mass is 756 g/mol. The zero-order valence-electron chi connectivity index (χ0n) is 24.5. The van der Waals surface area contributed by atoms with Crippen molar-refractivity contribution in [3.8, 4) is 0 Å². The molecule has 0 heterocycles. The molecule has 4 rings (SSSR count). The molecule has 47 heavy (non-hydrogen) atoms. The second-order valence-electron chi connectivity index (χ2n) is 10.4. The number of hydrogen-bond acceptors (Lipinski definition) is 12. The van der Waals surface area contributed by atoms with Gasteiger partial charge in [-0.25, -0.2) is 33.7 Å². The van der Waals surface area contributed by atoms with Crippen LogP contribution < -0.4 is 21.2 Å². The molecule has 0 saturated carbocycles. The quantitative estimate of drug-likeness (QED) is 0.149. The van der Waals surface area contributed by atoms with Gasteiger partial charge in [0.2, 0.25) is 0 Å². The molecule has 0 aliphatic heterocycles. The van der Waals surface area contributed by atoms with Gasteiger partial charge in [-0.3, -0.25) is 0 Å². The summed E-state index contributed by atoms with van der Waals surface area (Å²) in [6.07, 6.45) is -0.0155. The van der Waals surface area contributed by atoms with Crippen molar-refractivity contribution in [2.45, 2.75) is 51.2 Å². The van der Waals surface area contributed by atoms with Crippen LogP contribution in [0, 0.1) is 0 Å². The van der Waals surface area contributed by atoms with Gasteiger partial charge in [-0.05, 0) is 79.1 Å². The molecule has 0 N–H and O–H groups in total. The van der Waals surface area contributed by atoms with Crippen molar-refractivity contribution in [1.82, 2.24) is 0 Å². The third-order valence-corrected chi connectivity index (χ3v) is 17.1. The summed E-state index contributed by atoms with van der Waals surface area (Å²) in [5.74, 6) is 0. The maximum Gasteiger partial charge on any atom is 0.125 e. The summed E-state index contributed by atoms with van der Waals surface area (Å²) in [5.41, 5.74) is -1.52. The largest absolute Gasteiger partial charge is 0.744 e. The molecule has 4 aromatic rings. The Hall–Kier alpha value is -2.62. The van der Waals surface area contributed by atoms with Crippen molar-refractivity contribution >= 4 is 77.5 Å². The predicted molar refractivity (Wildman–Crippen MR) is 174 cm³/mol. The molecule has 252 valence electrons. The van der Waals surface area contributed by atoms with Crippen molar-refractivity contribution in [1.29, 1.82) is 0 Å². The van der Waals surface area contributed by atoms with E-state index in [2.05, 4.69) is 0 Å². The van der Waals surface area contributed by atoms with Gasteiger partial charge in [-0.15, -0.1) is 0 Å². The van der Waals surface area contributed by atoms with Crippen LogP contribution >= 0.6 is 15.8 Å². The highest BCUT2D eigenvalue weighted by Crippen LogP contribution is 2.50. The zero-order valence-corrected chi connectivity index (χ0v) is 29.6. The molecule has 2 atom stereocenters. The predicted octanol–water partition coefficient (Wildman–Crippen LogP) is 2.04. The minimum absolute atomic E-state index is 0.0155. The first-order valence-corrected chi connectivity index (χ1v) is 22.0. The van der Waals surface area contributed by atoms with E-state index in [-0.39, 0.29) is 27.6 Å². The number of benzene rings is 4. The van der Waals surface area contributed by atoms with Crippen molar-refractivity contribution in [3.63, 3.8) is 0 Å². The summed E-state index contributed by atoms with van der Waals surface area (Å²) in [5, 5.41) is -0.157. The Balaban J connectivity index is 1.98. The maximum absolute atomic E-state index is 12.4. The Labute approximate surface area is 276 Å². The Bertz CT molecular complexity index is 1930. The van der Waals surface area contributed by atoms with E-state index in [0.717, 1.165) is 24.3 Å². The van der Waals surface area contributed by atoms with E-state index in [1.807, 2.05) is 0 Å². The molecule has 0 bridgehead atoms. The first-order valence-electron chi connectivity index (χ1n) is 13.5. The molecular formula is C29H26O12P2S4-4. The van der Waals surface area contributed by atoms with Gasteiger partial charge in [0.05, 0.1) is 19.6 Å². The fourth-order valence-corrected chi connectivity index (χ4v) is 16.1. The van der Waals surface area contributed by atoms with Crippen molar-refractivity contribution < 1.29 is 51.9 Å². The van der Waals surface area contributed by atoms with E-state index in [0.29, 0.717) is 0 Å². The van der Waals surface area contributed by atoms with Crippen LogP contribution in [-0.2, 0) is 40.5 Å². The molecule has 0 radical (unpaired) electrons. The second-order valence-corrected chi connectivity index (χ2v) is 20.9. The fourth-order valence-electron chi connectivity index (χ4n) is 5.38.